The molecule has 0 aliphatic rings. The zero-order valence-corrected chi connectivity index (χ0v) is 13.1. The van der Waals surface area contributed by atoms with E-state index in [-0.39, 0.29) is 0 Å². The molecule has 21 heavy (non-hydrogen) atoms. The maximum Gasteiger partial charge on any atom is 0.175 e. The van der Waals surface area contributed by atoms with Crippen molar-refractivity contribution in [2.24, 2.45) is 0 Å². The lowest BCUT2D eigenvalue weighted by Crippen LogP contribution is -2.19. The molecule has 2 rings (SSSR count). The fraction of sp³-hybridized carbons (Fsp3) is 0.188. The average molecular weight is 302 g/mol. The molecule has 0 saturated carbocycles. The van der Waals surface area contributed by atoms with Gasteiger partial charge in [0.2, 0.25) is 0 Å². The van der Waals surface area contributed by atoms with Crippen LogP contribution in [0.15, 0.2) is 42.5 Å². The summed E-state index contributed by atoms with van der Waals surface area (Å²) in [4.78, 5) is 0. The van der Waals surface area contributed by atoms with E-state index in [2.05, 4.69) is 10.6 Å². The topological polar surface area (TPSA) is 42.5 Å². The van der Waals surface area contributed by atoms with Crippen molar-refractivity contribution in [2.75, 3.05) is 24.9 Å². The molecule has 5 heteroatoms. The number of rotatable bonds is 4. The van der Waals surface area contributed by atoms with Gasteiger partial charge in [0.05, 0.1) is 19.9 Å². The Kier molecular flexibility index (Phi) is 5.00. The van der Waals surface area contributed by atoms with Crippen molar-refractivity contribution in [3.05, 3.63) is 48.0 Å². The monoisotopic (exact) mass is 302 g/mol. The van der Waals surface area contributed by atoms with Crippen LogP contribution in [0, 0.1) is 6.92 Å². The first-order valence-corrected chi connectivity index (χ1v) is 6.90. The number of aryl methyl sites for hydroxylation is 1. The van der Waals surface area contributed by atoms with Gasteiger partial charge in [-0.15, -0.1) is 0 Å². The van der Waals surface area contributed by atoms with Gasteiger partial charge in [-0.1, -0.05) is 6.07 Å². The summed E-state index contributed by atoms with van der Waals surface area (Å²) >= 11 is 5.32. The first kappa shape index (κ1) is 15.1. The Morgan fingerprint density at radius 3 is 2.29 bits per heavy atom. The van der Waals surface area contributed by atoms with Crippen LogP contribution in [-0.4, -0.2) is 19.3 Å². The lowest BCUT2D eigenvalue weighted by atomic mass is 10.2. The lowest BCUT2D eigenvalue weighted by Gasteiger charge is -2.14. The molecule has 0 fully saturated rings. The minimum atomic E-state index is 0.504. The highest BCUT2D eigenvalue weighted by Gasteiger charge is 2.05. The van der Waals surface area contributed by atoms with E-state index in [0.29, 0.717) is 5.11 Å². The minimum absolute atomic E-state index is 0.504. The van der Waals surface area contributed by atoms with Crippen molar-refractivity contribution >= 4 is 28.7 Å². The molecular formula is C16H18N2O2S. The molecule has 2 aromatic rings. The molecule has 0 amide bonds. The molecule has 0 radical (unpaired) electrons. The van der Waals surface area contributed by atoms with Crippen molar-refractivity contribution in [1.29, 1.82) is 0 Å². The molecule has 110 valence electrons. The second kappa shape index (κ2) is 6.95. The molecule has 0 atom stereocenters. The summed E-state index contributed by atoms with van der Waals surface area (Å²) in [6.07, 6.45) is 0. The molecule has 0 unspecified atom stereocenters. The predicted octanol–water partition coefficient (Wildman–Crippen LogP) is 3.82. The van der Waals surface area contributed by atoms with Gasteiger partial charge in [0, 0.05) is 5.69 Å². The van der Waals surface area contributed by atoms with Crippen molar-refractivity contribution in [3.8, 4) is 11.5 Å². The third-order valence-corrected chi connectivity index (χ3v) is 3.16. The van der Waals surface area contributed by atoms with Gasteiger partial charge < -0.3 is 20.1 Å². The number of anilines is 2. The van der Waals surface area contributed by atoms with Crippen LogP contribution in [0.2, 0.25) is 0 Å². The van der Waals surface area contributed by atoms with Crippen molar-refractivity contribution < 1.29 is 9.47 Å². The van der Waals surface area contributed by atoms with Gasteiger partial charge in [-0.3, -0.25) is 0 Å². The van der Waals surface area contributed by atoms with E-state index in [1.54, 1.807) is 14.2 Å². The number of ether oxygens (including phenoxy) is 2. The van der Waals surface area contributed by atoms with Crippen molar-refractivity contribution in [3.63, 3.8) is 0 Å². The number of hydrogen-bond donors (Lipinski definition) is 2. The van der Waals surface area contributed by atoms with E-state index in [4.69, 9.17) is 21.7 Å². The molecule has 2 N–H and O–H groups in total. The van der Waals surface area contributed by atoms with E-state index in [1.165, 1.54) is 0 Å². The van der Waals surface area contributed by atoms with Crippen LogP contribution >= 0.6 is 12.2 Å². The van der Waals surface area contributed by atoms with Crippen molar-refractivity contribution in [1.82, 2.24) is 0 Å². The largest absolute Gasteiger partial charge is 0.497 e. The summed E-state index contributed by atoms with van der Waals surface area (Å²) in [5.41, 5.74) is 2.86. The third-order valence-electron chi connectivity index (χ3n) is 2.95. The first-order valence-electron chi connectivity index (χ1n) is 6.49. The zero-order chi connectivity index (χ0) is 15.2. The van der Waals surface area contributed by atoms with Crippen LogP contribution in [0.5, 0.6) is 11.5 Å². The zero-order valence-electron chi connectivity index (χ0n) is 12.3. The molecule has 0 saturated heterocycles. The molecule has 0 bridgehead atoms. The van der Waals surface area contributed by atoms with Crippen LogP contribution in [-0.2, 0) is 0 Å². The number of benzene rings is 2. The number of methoxy groups -OCH3 is 2. The fourth-order valence-corrected chi connectivity index (χ4v) is 2.11. The van der Waals surface area contributed by atoms with E-state index in [1.807, 2.05) is 49.4 Å². The van der Waals surface area contributed by atoms with Gasteiger partial charge in [0.1, 0.15) is 11.5 Å². The molecular weight excluding hydrogens is 284 g/mol. The number of thiocarbonyl (C=S) groups is 1. The Morgan fingerprint density at radius 1 is 0.952 bits per heavy atom. The maximum atomic E-state index is 5.32. The van der Waals surface area contributed by atoms with Crippen LogP contribution in [0.25, 0.3) is 0 Å². The summed E-state index contributed by atoms with van der Waals surface area (Å²) in [6.45, 7) is 2.02. The fourth-order valence-electron chi connectivity index (χ4n) is 1.88. The Bertz CT molecular complexity index is 627. The number of nitrogens with one attached hydrogen (secondary N) is 2. The molecule has 0 spiro atoms. The van der Waals surface area contributed by atoms with E-state index in [9.17, 15) is 0 Å². The Labute approximate surface area is 130 Å². The SMILES string of the molecule is COc1ccc(NC(=S)Nc2cc(C)ccc2OC)cc1. The Hall–Kier alpha value is -2.27. The second-order valence-corrected chi connectivity index (χ2v) is 4.92. The van der Waals surface area contributed by atoms with E-state index < -0.39 is 0 Å². The van der Waals surface area contributed by atoms with Gasteiger partial charge in [-0.25, -0.2) is 0 Å². The second-order valence-electron chi connectivity index (χ2n) is 4.51. The van der Waals surface area contributed by atoms with E-state index in [0.717, 1.165) is 28.4 Å². The maximum absolute atomic E-state index is 5.32. The summed E-state index contributed by atoms with van der Waals surface area (Å²) in [6, 6.07) is 13.4. The van der Waals surface area contributed by atoms with Crippen LogP contribution < -0.4 is 20.1 Å². The molecule has 0 aliphatic heterocycles. The smallest absolute Gasteiger partial charge is 0.175 e. The Morgan fingerprint density at radius 2 is 1.67 bits per heavy atom. The van der Waals surface area contributed by atoms with Crippen molar-refractivity contribution in [2.45, 2.75) is 6.92 Å². The van der Waals surface area contributed by atoms with Crippen LogP contribution in [0.1, 0.15) is 5.56 Å². The normalized spacial score (nSPS) is 9.86. The quantitative estimate of drug-likeness (QED) is 0.840. The lowest BCUT2D eigenvalue weighted by molar-refractivity contribution is 0.415. The van der Waals surface area contributed by atoms with Crippen LogP contribution in [0.4, 0.5) is 11.4 Å². The summed E-state index contributed by atoms with van der Waals surface area (Å²) < 4.78 is 10.4. The third kappa shape index (κ3) is 4.10. The van der Waals surface area contributed by atoms with Crippen LogP contribution in [0.3, 0.4) is 0 Å². The highest BCUT2D eigenvalue weighted by molar-refractivity contribution is 7.80. The molecule has 0 heterocycles. The van der Waals surface area contributed by atoms with Gasteiger partial charge in [-0.05, 0) is 61.1 Å². The molecule has 4 nitrogen and oxygen atoms in total. The highest BCUT2D eigenvalue weighted by atomic mass is 32.1. The Balaban J connectivity index is 2.05. The van der Waals surface area contributed by atoms with Gasteiger partial charge in [-0.2, -0.15) is 0 Å². The summed E-state index contributed by atoms with van der Waals surface area (Å²) in [5.74, 6) is 1.55. The molecule has 2 aromatic carbocycles. The number of hydrogen-bond acceptors (Lipinski definition) is 3. The van der Waals surface area contributed by atoms with E-state index >= 15 is 0 Å². The van der Waals surface area contributed by atoms with Gasteiger partial charge in [0.15, 0.2) is 5.11 Å². The van der Waals surface area contributed by atoms with Gasteiger partial charge >= 0.3 is 0 Å². The highest BCUT2D eigenvalue weighted by Crippen LogP contribution is 2.25. The first-order chi connectivity index (χ1) is 10.1. The molecule has 0 aliphatic carbocycles. The summed E-state index contributed by atoms with van der Waals surface area (Å²) in [7, 11) is 3.27. The minimum Gasteiger partial charge on any atom is -0.497 e. The predicted molar refractivity (Wildman–Crippen MR) is 90.6 cm³/mol. The van der Waals surface area contributed by atoms with Gasteiger partial charge in [0.25, 0.3) is 0 Å². The standard InChI is InChI=1S/C16H18N2O2S/c1-11-4-9-15(20-3)14(10-11)18-16(21)17-12-5-7-13(19-2)8-6-12/h4-10H,1-3H3,(H2,17,18,21). The summed E-state index contributed by atoms with van der Waals surface area (Å²) in [5, 5.41) is 6.77. The molecule has 0 aromatic heterocycles. The average Bonchev–Trinajstić information content (AvgIpc) is 2.48.